The Morgan fingerprint density at radius 2 is 1.68 bits per heavy atom. The van der Waals surface area contributed by atoms with Crippen LogP contribution in [0.5, 0.6) is 0 Å². The largest absolute Gasteiger partial charge is 0.294 e. The monoisotopic (exact) mass is 247 g/mol. The molecule has 0 radical (unpaired) electrons. The molecule has 0 aromatic heterocycles. The SMILES string of the molecule is N#C[C@]1(c2ccccc2)CCC(=O)c2ccccc21. The minimum atomic E-state index is -0.689. The average Bonchev–Trinajstić information content (AvgIpc) is 2.49. The first-order valence-electron chi connectivity index (χ1n) is 6.37. The van der Waals surface area contributed by atoms with Gasteiger partial charge in [-0.3, -0.25) is 4.79 Å². The molecule has 2 heteroatoms. The van der Waals surface area contributed by atoms with Gasteiger partial charge in [-0.15, -0.1) is 0 Å². The van der Waals surface area contributed by atoms with Crippen LogP contribution in [0.15, 0.2) is 54.6 Å². The van der Waals surface area contributed by atoms with Crippen molar-refractivity contribution in [3.8, 4) is 6.07 Å². The molecule has 0 N–H and O–H groups in total. The van der Waals surface area contributed by atoms with E-state index >= 15 is 0 Å². The maximum atomic E-state index is 12.0. The number of nitrogens with zero attached hydrogens (tertiary/aromatic N) is 1. The van der Waals surface area contributed by atoms with Crippen LogP contribution in [0.3, 0.4) is 0 Å². The van der Waals surface area contributed by atoms with E-state index in [-0.39, 0.29) is 5.78 Å². The summed E-state index contributed by atoms with van der Waals surface area (Å²) in [6, 6.07) is 19.7. The van der Waals surface area contributed by atoms with E-state index in [4.69, 9.17) is 0 Å². The third-order valence-electron chi connectivity index (χ3n) is 3.87. The van der Waals surface area contributed by atoms with Gasteiger partial charge in [0.15, 0.2) is 5.78 Å². The summed E-state index contributed by atoms with van der Waals surface area (Å²) in [5, 5.41) is 9.77. The van der Waals surface area contributed by atoms with Crippen LogP contribution in [-0.2, 0) is 5.41 Å². The Balaban J connectivity index is 2.28. The highest BCUT2D eigenvalue weighted by atomic mass is 16.1. The first-order chi connectivity index (χ1) is 9.28. The number of fused-ring (bicyclic) bond motifs is 1. The molecule has 1 aliphatic rings. The molecule has 0 heterocycles. The summed E-state index contributed by atoms with van der Waals surface area (Å²) >= 11 is 0. The smallest absolute Gasteiger partial charge is 0.163 e. The lowest BCUT2D eigenvalue weighted by atomic mass is 9.66. The molecule has 0 saturated carbocycles. The molecule has 0 amide bonds. The second-order valence-electron chi connectivity index (χ2n) is 4.85. The first kappa shape index (κ1) is 11.7. The maximum absolute atomic E-state index is 12.0. The van der Waals surface area contributed by atoms with Crippen molar-refractivity contribution in [2.75, 3.05) is 0 Å². The Bertz CT molecular complexity index is 669. The van der Waals surface area contributed by atoms with Crippen LogP contribution in [0.1, 0.15) is 34.3 Å². The average molecular weight is 247 g/mol. The summed E-state index contributed by atoms with van der Waals surface area (Å²) in [6.45, 7) is 0. The third-order valence-corrected chi connectivity index (χ3v) is 3.87. The Labute approximate surface area is 112 Å². The number of ketones is 1. The molecule has 19 heavy (non-hydrogen) atoms. The highest BCUT2D eigenvalue weighted by Crippen LogP contribution is 2.41. The van der Waals surface area contributed by atoms with Crippen molar-refractivity contribution in [1.82, 2.24) is 0 Å². The normalized spacial score (nSPS) is 21.5. The predicted molar refractivity (Wildman–Crippen MR) is 72.8 cm³/mol. The van der Waals surface area contributed by atoms with Gasteiger partial charge in [0.1, 0.15) is 5.41 Å². The van der Waals surface area contributed by atoms with Gasteiger partial charge in [-0.2, -0.15) is 5.26 Å². The minimum absolute atomic E-state index is 0.136. The van der Waals surface area contributed by atoms with Gasteiger partial charge in [-0.1, -0.05) is 54.6 Å². The van der Waals surface area contributed by atoms with Gasteiger partial charge in [0.05, 0.1) is 6.07 Å². The van der Waals surface area contributed by atoms with Gasteiger partial charge >= 0.3 is 0 Å². The van der Waals surface area contributed by atoms with E-state index in [1.807, 2.05) is 54.6 Å². The number of nitriles is 1. The van der Waals surface area contributed by atoms with Crippen molar-refractivity contribution in [2.45, 2.75) is 18.3 Å². The molecular weight excluding hydrogens is 234 g/mol. The Morgan fingerprint density at radius 3 is 2.42 bits per heavy atom. The number of Topliss-reactive ketones (excluding diaryl/α,β-unsaturated/α-hetero) is 1. The van der Waals surface area contributed by atoms with E-state index in [1.54, 1.807) is 0 Å². The number of hydrogen-bond acceptors (Lipinski definition) is 2. The van der Waals surface area contributed by atoms with Crippen molar-refractivity contribution in [1.29, 1.82) is 5.26 Å². The molecule has 0 unspecified atom stereocenters. The van der Waals surface area contributed by atoms with Crippen LogP contribution < -0.4 is 0 Å². The van der Waals surface area contributed by atoms with Gasteiger partial charge in [0.25, 0.3) is 0 Å². The zero-order valence-corrected chi connectivity index (χ0v) is 10.5. The molecule has 0 aliphatic heterocycles. The standard InChI is InChI=1S/C17H13NO/c18-12-17(13-6-2-1-3-7-13)11-10-16(19)14-8-4-5-9-15(14)17/h1-9H,10-11H2/t17-/m0/s1. The predicted octanol–water partition coefficient (Wildman–Crippen LogP) is 3.47. The van der Waals surface area contributed by atoms with Gasteiger partial charge in [0, 0.05) is 12.0 Å². The molecule has 2 aromatic carbocycles. The maximum Gasteiger partial charge on any atom is 0.163 e. The fourth-order valence-electron chi connectivity index (χ4n) is 2.87. The fourth-order valence-corrected chi connectivity index (χ4v) is 2.87. The lowest BCUT2D eigenvalue weighted by Gasteiger charge is -2.33. The van der Waals surface area contributed by atoms with E-state index in [9.17, 15) is 10.1 Å². The van der Waals surface area contributed by atoms with Crippen LogP contribution in [0.4, 0.5) is 0 Å². The lowest BCUT2D eigenvalue weighted by Crippen LogP contribution is -2.33. The number of benzene rings is 2. The molecule has 0 bridgehead atoms. The Morgan fingerprint density at radius 1 is 1.00 bits per heavy atom. The summed E-state index contributed by atoms with van der Waals surface area (Å²) in [7, 11) is 0. The van der Waals surface area contributed by atoms with E-state index in [0.717, 1.165) is 11.1 Å². The quantitative estimate of drug-likeness (QED) is 0.774. The van der Waals surface area contributed by atoms with Crippen LogP contribution in [-0.4, -0.2) is 5.78 Å². The van der Waals surface area contributed by atoms with Gasteiger partial charge < -0.3 is 0 Å². The summed E-state index contributed by atoms with van der Waals surface area (Å²) in [6.07, 6.45) is 0.989. The topological polar surface area (TPSA) is 40.9 Å². The third kappa shape index (κ3) is 1.67. The van der Waals surface area contributed by atoms with Gasteiger partial charge in [-0.05, 0) is 17.5 Å². The molecule has 0 saturated heterocycles. The summed E-state index contributed by atoms with van der Waals surface area (Å²) in [4.78, 5) is 12.0. The molecule has 3 rings (SSSR count). The molecule has 2 nitrogen and oxygen atoms in total. The van der Waals surface area contributed by atoms with Crippen molar-refractivity contribution in [3.05, 3.63) is 71.3 Å². The van der Waals surface area contributed by atoms with Crippen LogP contribution >= 0.6 is 0 Å². The highest BCUT2D eigenvalue weighted by molar-refractivity contribution is 5.99. The van der Waals surface area contributed by atoms with Crippen LogP contribution in [0.25, 0.3) is 0 Å². The number of carbonyl (C=O) groups excluding carboxylic acids is 1. The molecule has 1 atom stereocenters. The van der Waals surface area contributed by atoms with Crippen molar-refractivity contribution >= 4 is 5.78 Å². The van der Waals surface area contributed by atoms with Crippen molar-refractivity contribution in [3.63, 3.8) is 0 Å². The second-order valence-corrected chi connectivity index (χ2v) is 4.85. The first-order valence-corrected chi connectivity index (χ1v) is 6.37. The van der Waals surface area contributed by atoms with Crippen molar-refractivity contribution < 1.29 is 4.79 Å². The van der Waals surface area contributed by atoms with E-state index in [1.165, 1.54) is 0 Å². The van der Waals surface area contributed by atoms with E-state index in [0.29, 0.717) is 18.4 Å². The number of hydrogen-bond donors (Lipinski definition) is 0. The molecule has 92 valence electrons. The second kappa shape index (κ2) is 4.37. The summed E-state index contributed by atoms with van der Waals surface area (Å²) in [5.74, 6) is 0.136. The molecular formula is C17H13NO. The van der Waals surface area contributed by atoms with Gasteiger partial charge in [0.2, 0.25) is 0 Å². The van der Waals surface area contributed by atoms with Crippen molar-refractivity contribution in [2.24, 2.45) is 0 Å². The fraction of sp³-hybridized carbons (Fsp3) is 0.176. The summed E-state index contributed by atoms with van der Waals surface area (Å²) in [5.41, 5.74) is 1.82. The highest BCUT2D eigenvalue weighted by Gasteiger charge is 2.40. The minimum Gasteiger partial charge on any atom is -0.294 e. The molecule has 1 aliphatic carbocycles. The Hall–Kier alpha value is -2.40. The lowest BCUT2D eigenvalue weighted by molar-refractivity contribution is 0.0964. The molecule has 2 aromatic rings. The molecule has 0 fully saturated rings. The zero-order chi connectivity index (χ0) is 13.3. The van der Waals surface area contributed by atoms with Crippen LogP contribution in [0.2, 0.25) is 0 Å². The van der Waals surface area contributed by atoms with Gasteiger partial charge in [-0.25, -0.2) is 0 Å². The number of rotatable bonds is 1. The summed E-state index contributed by atoms with van der Waals surface area (Å²) < 4.78 is 0. The van der Waals surface area contributed by atoms with E-state index < -0.39 is 5.41 Å². The number of carbonyl (C=O) groups is 1. The van der Waals surface area contributed by atoms with Crippen LogP contribution in [0, 0.1) is 11.3 Å². The molecule has 0 spiro atoms. The Kier molecular flexibility index (Phi) is 2.68. The zero-order valence-electron chi connectivity index (χ0n) is 10.5. The van der Waals surface area contributed by atoms with E-state index in [2.05, 4.69) is 6.07 Å².